The predicted molar refractivity (Wildman–Crippen MR) is 82.0 cm³/mol. The molecule has 0 bridgehead atoms. The maximum atomic E-state index is 5.73. The van der Waals surface area contributed by atoms with Gasteiger partial charge in [0.1, 0.15) is 6.23 Å². The van der Waals surface area contributed by atoms with Crippen LogP contribution in [0.5, 0.6) is 0 Å². The highest BCUT2D eigenvalue weighted by Gasteiger charge is 2.16. The van der Waals surface area contributed by atoms with Gasteiger partial charge in [-0.2, -0.15) is 5.10 Å². The SMILES string of the molecule is NC(N)=Nc1ccc(-c2cnn(C3CCCCO3)c2)cc1. The van der Waals surface area contributed by atoms with Crippen LogP contribution in [0.3, 0.4) is 0 Å². The highest BCUT2D eigenvalue weighted by molar-refractivity contribution is 5.79. The number of hydrogen-bond donors (Lipinski definition) is 2. The maximum absolute atomic E-state index is 5.73. The molecule has 0 amide bonds. The van der Waals surface area contributed by atoms with Gasteiger partial charge in [0, 0.05) is 18.4 Å². The van der Waals surface area contributed by atoms with E-state index in [2.05, 4.69) is 10.1 Å². The molecule has 0 aliphatic carbocycles. The minimum absolute atomic E-state index is 0.0602. The quantitative estimate of drug-likeness (QED) is 0.667. The van der Waals surface area contributed by atoms with Crippen molar-refractivity contribution >= 4 is 11.6 Å². The van der Waals surface area contributed by atoms with E-state index in [1.807, 2.05) is 41.3 Å². The minimum Gasteiger partial charge on any atom is -0.370 e. The van der Waals surface area contributed by atoms with Gasteiger partial charge in [0.25, 0.3) is 0 Å². The Morgan fingerprint density at radius 1 is 1.19 bits per heavy atom. The predicted octanol–water partition coefficient (Wildman–Crippen LogP) is 2.15. The number of aromatic nitrogens is 2. The van der Waals surface area contributed by atoms with Gasteiger partial charge in [-0.15, -0.1) is 0 Å². The Morgan fingerprint density at radius 3 is 2.67 bits per heavy atom. The normalized spacial score (nSPS) is 18.4. The lowest BCUT2D eigenvalue weighted by molar-refractivity contribution is -0.0394. The molecule has 4 N–H and O–H groups in total. The Balaban J connectivity index is 1.77. The van der Waals surface area contributed by atoms with Crippen LogP contribution in [0.1, 0.15) is 25.5 Å². The molecule has 1 unspecified atom stereocenters. The Kier molecular flexibility index (Phi) is 3.87. The van der Waals surface area contributed by atoms with Crippen molar-refractivity contribution < 1.29 is 4.74 Å². The first-order valence-corrected chi connectivity index (χ1v) is 7.08. The fourth-order valence-electron chi connectivity index (χ4n) is 2.45. The molecule has 6 nitrogen and oxygen atoms in total. The molecule has 1 aromatic carbocycles. The maximum Gasteiger partial charge on any atom is 0.191 e. The second-order valence-electron chi connectivity index (χ2n) is 5.11. The molecule has 2 aromatic rings. The van der Waals surface area contributed by atoms with Gasteiger partial charge in [0.05, 0.1) is 11.9 Å². The first kappa shape index (κ1) is 13.6. The molecular formula is C15H19N5O. The molecule has 3 rings (SSSR count). The number of nitrogens with zero attached hydrogens (tertiary/aromatic N) is 3. The molecule has 0 spiro atoms. The van der Waals surface area contributed by atoms with Crippen molar-refractivity contribution in [1.82, 2.24) is 9.78 Å². The third-order valence-electron chi connectivity index (χ3n) is 3.51. The van der Waals surface area contributed by atoms with Crippen LogP contribution in [0.15, 0.2) is 41.7 Å². The Labute approximate surface area is 123 Å². The summed E-state index contributed by atoms with van der Waals surface area (Å²) in [7, 11) is 0. The molecule has 1 aliphatic heterocycles. The summed E-state index contributed by atoms with van der Waals surface area (Å²) >= 11 is 0. The van der Waals surface area contributed by atoms with Crippen LogP contribution in [-0.2, 0) is 4.74 Å². The molecular weight excluding hydrogens is 266 g/mol. The molecule has 110 valence electrons. The first-order valence-electron chi connectivity index (χ1n) is 7.08. The monoisotopic (exact) mass is 285 g/mol. The van der Waals surface area contributed by atoms with Crippen molar-refractivity contribution in [2.75, 3.05) is 6.61 Å². The van der Waals surface area contributed by atoms with Crippen LogP contribution in [0.25, 0.3) is 11.1 Å². The van der Waals surface area contributed by atoms with Gasteiger partial charge in [-0.3, -0.25) is 0 Å². The van der Waals surface area contributed by atoms with Crippen molar-refractivity contribution in [2.45, 2.75) is 25.5 Å². The van der Waals surface area contributed by atoms with Crippen molar-refractivity contribution in [2.24, 2.45) is 16.5 Å². The zero-order chi connectivity index (χ0) is 14.7. The second-order valence-corrected chi connectivity index (χ2v) is 5.11. The minimum atomic E-state index is 0.0602. The Morgan fingerprint density at radius 2 is 2.00 bits per heavy atom. The highest BCUT2D eigenvalue weighted by atomic mass is 16.5. The van der Waals surface area contributed by atoms with Gasteiger partial charge >= 0.3 is 0 Å². The van der Waals surface area contributed by atoms with E-state index in [1.165, 1.54) is 6.42 Å². The lowest BCUT2D eigenvalue weighted by Crippen LogP contribution is -2.21. The van der Waals surface area contributed by atoms with Gasteiger partial charge in [-0.05, 0) is 37.0 Å². The van der Waals surface area contributed by atoms with E-state index in [4.69, 9.17) is 16.2 Å². The third-order valence-corrected chi connectivity index (χ3v) is 3.51. The van der Waals surface area contributed by atoms with Gasteiger partial charge in [0.15, 0.2) is 5.96 Å². The smallest absolute Gasteiger partial charge is 0.191 e. The van der Waals surface area contributed by atoms with E-state index in [1.54, 1.807) is 0 Å². The zero-order valence-corrected chi connectivity index (χ0v) is 11.8. The second kappa shape index (κ2) is 5.97. The zero-order valence-electron chi connectivity index (χ0n) is 11.8. The number of guanidine groups is 1. The highest BCUT2D eigenvalue weighted by Crippen LogP contribution is 2.26. The molecule has 0 saturated carbocycles. The number of rotatable bonds is 3. The molecule has 21 heavy (non-hydrogen) atoms. The van der Waals surface area contributed by atoms with Crippen molar-refractivity contribution in [3.63, 3.8) is 0 Å². The molecule has 6 heteroatoms. The van der Waals surface area contributed by atoms with Crippen LogP contribution in [0.4, 0.5) is 5.69 Å². The summed E-state index contributed by atoms with van der Waals surface area (Å²) in [4.78, 5) is 4.00. The summed E-state index contributed by atoms with van der Waals surface area (Å²) in [5, 5.41) is 4.41. The molecule has 0 radical (unpaired) electrons. The van der Waals surface area contributed by atoms with Crippen LogP contribution < -0.4 is 11.5 Å². The summed E-state index contributed by atoms with van der Waals surface area (Å²) in [5.41, 5.74) is 13.6. The lowest BCUT2D eigenvalue weighted by atomic mass is 10.1. The van der Waals surface area contributed by atoms with Crippen LogP contribution in [-0.4, -0.2) is 22.3 Å². The molecule has 1 fully saturated rings. The topological polar surface area (TPSA) is 91.5 Å². The Hall–Kier alpha value is -2.34. The molecule has 2 heterocycles. The Bertz CT molecular complexity index is 622. The molecule has 1 atom stereocenters. The molecule has 1 aliphatic rings. The van der Waals surface area contributed by atoms with Crippen LogP contribution >= 0.6 is 0 Å². The first-order chi connectivity index (χ1) is 10.2. The van der Waals surface area contributed by atoms with Gasteiger partial charge in [0.2, 0.25) is 0 Å². The average molecular weight is 285 g/mol. The fraction of sp³-hybridized carbons (Fsp3) is 0.333. The number of ether oxygens (including phenoxy) is 1. The standard InChI is InChI=1S/C15H19N5O/c16-15(17)19-13-6-4-11(5-7-13)12-9-18-20(10-12)14-3-1-2-8-21-14/h4-7,9-10,14H,1-3,8H2,(H4,16,17,19). The summed E-state index contributed by atoms with van der Waals surface area (Å²) in [6.45, 7) is 0.813. The fourth-order valence-corrected chi connectivity index (χ4v) is 2.45. The molecule has 1 saturated heterocycles. The number of benzene rings is 1. The average Bonchev–Trinajstić information content (AvgIpc) is 2.98. The van der Waals surface area contributed by atoms with E-state index in [-0.39, 0.29) is 12.2 Å². The summed E-state index contributed by atoms with van der Waals surface area (Å²) in [6.07, 6.45) is 7.28. The van der Waals surface area contributed by atoms with E-state index in [0.717, 1.165) is 36.3 Å². The van der Waals surface area contributed by atoms with Crippen LogP contribution in [0.2, 0.25) is 0 Å². The number of nitrogens with two attached hydrogens (primary N) is 2. The largest absolute Gasteiger partial charge is 0.370 e. The molecule has 1 aromatic heterocycles. The van der Waals surface area contributed by atoms with E-state index in [0.29, 0.717) is 0 Å². The van der Waals surface area contributed by atoms with E-state index < -0.39 is 0 Å². The van der Waals surface area contributed by atoms with E-state index in [9.17, 15) is 0 Å². The van der Waals surface area contributed by atoms with Crippen LogP contribution in [0, 0.1) is 0 Å². The van der Waals surface area contributed by atoms with Crippen molar-refractivity contribution in [1.29, 1.82) is 0 Å². The van der Waals surface area contributed by atoms with Gasteiger partial charge in [-0.1, -0.05) is 12.1 Å². The third kappa shape index (κ3) is 3.22. The van der Waals surface area contributed by atoms with Crippen molar-refractivity contribution in [3.05, 3.63) is 36.7 Å². The van der Waals surface area contributed by atoms with Crippen molar-refractivity contribution in [3.8, 4) is 11.1 Å². The van der Waals surface area contributed by atoms with Gasteiger partial charge < -0.3 is 16.2 Å². The number of hydrogen-bond acceptors (Lipinski definition) is 3. The summed E-state index contributed by atoms with van der Waals surface area (Å²) < 4.78 is 7.63. The van der Waals surface area contributed by atoms with E-state index >= 15 is 0 Å². The summed E-state index contributed by atoms with van der Waals surface area (Å²) in [6, 6.07) is 7.71. The number of aliphatic imine (C=N–C) groups is 1. The summed E-state index contributed by atoms with van der Waals surface area (Å²) in [5.74, 6) is 0.0602. The van der Waals surface area contributed by atoms with Gasteiger partial charge in [-0.25, -0.2) is 9.67 Å². The lowest BCUT2D eigenvalue weighted by Gasteiger charge is -2.22.